The summed E-state index contributed by atoms with van der Waals surface area (Å²) in [6.45, 7) is -0.834. The van der Waals surface area contributed by atoms with Crippen molar-refractivity contribution in [2.24, 2.45) is 17.3 Å². The Morgan fingerprint density at radius 1 is 1.07 bits per heavy atom. The van der Waals surface area contributed by atoms with Crippen molar-refractivity contribution in [1.82, 2.24) is 5.32 Å². The van der Waals surface area contributed by atoms with E-state index in [4.69, 9.17) is 4.74 Å². The highest BCUT2D eigenvalue weighted by atomic mass is 79.9. The SMILES string of the molecule is O=C(COC(=O)C12CC3CC(CC(Br)(C3)C1)C2)NCC(=O)Nc1ccc(F)c(F)c1. The van der Waals surface area contributed by atoms with E-state index in [0.29, 0.717) is 11.8 Å². The molecule has 5 rings (SSSR count). The van der Waals surface area contributed by atoms with Gasteiger partial charge in [-0.05, 0) is 62.5 Å². The van der Waals surface area contributed by atoms with E-state index in [9.17, 15) is 23.2 Å². The van der Waals surface area contributed by atoms with Crippen molar-refractivity contribution < 1.29 is 27.9 Å². The number of anilines is 1. The maximum atomic E-state index is 13.2. The summed E-state index contributed by atoms with van der Waals surface area (Å²) >= 11 is 3.84. The smallest absolute Gasteiger partial charge is 0.312 e. The van der Waals surface area contributed by atoms with Gasteiger partial charge in [0.05, 0.1) is 12.0 Å². The molecular formula is C21H23BrF2N2O4. The first-order chi connectivity index (χ1) is 14.2. The van der Waals surface area contributed by atoms with Crippen LogP contribution in [0.3, 0.4) is 0 Å². The van der Waals surface area contributed by atoms with Crippen LogP contribution in [0.5, 0.6) is 0 Å². The second-order valence-electron chi connectivity index (χ2n) is 8.92. The number of carbonyl (C=O) groups is 3. The van der Waals surface area contributed by atoms with Crippen molar-refractivity contribution in [2.45, 2.75) is 42.8 Å². The van der Waals surface area contributed by atoms with Gasteiger partial charge < -0.3 is 15.4 Å². The Balaban J connectivity index is 1.23. The third-order valence-corrected chi connectivity index (χ3v) is 7.33. The maximum Gasteiger partial charge on any atom is 0.312 e. The third-order valence-electron chi connectivity index (χ3n) is 6.41. The molecule has 0 saturated heterocycles. The number of ether oxygens (including phenoxy) is 1. The first kappa shape index (κ1) is 21.2. The molecule has 6 nitrogen and oxygen atoms in total. The van der Waals surface area contributed by atoms with E-state index in [1.54, 1.807) is 0 Å². The van der Waals surface area contributed by atoms with E-state index in [-0.39, 0.29) is 22.5 Å². The highest BCUT2D eigenvalue weighted by Crippen LogP contribution is 2.64. The van der Waals surface area contributed by atoms with Gasteiger partial charge in [0, 0.05) is 16.1 Å². The average molecular weight is 485 g/mol. The van der Waals surface area contributed by atoms with Gasteiger partial charge in [0.15, 0.2) is 18.2 Å². The lowest BCUT2D eigenvalue weighted by molar-refractivity contribution is -0.171. The molecule has 4 bridgehead atoms. The number of hydrogen-bond acceptors (Lipinski definition) is 4. The molecule has 1 aromatic carbocycles. The fraction of sp³-hybridized carbons (Fsp3) is 0.571. The first-order valence-corrected chi connectivity index (χ1v) is 10.8. The fourth-order valence-corrected chi connectivity index (χ4v) is 7.14. The Morgan fingerprint density at radius 3 is 2.40 bits per heavy atom. The molecule has 0 heterocycles. The third kappa shape index (κ3) is 4.36. The summed E-state index contributed by atoms with van der Waals surface area (Å²) in [5.41, 5.74) is -0.442. The lowest BCUT2D eigenvalue weighted by Crippen LogP contribution is -2.56. The van der Waals surface area contributed by atoms with Crippen molar-refractivity contribution >= 4 is 39.4 Å². The number of hydrogen-bond donors (Lipinski definition) is 2. The van der Waals surface area contributed by atoms with Crippen molar-refractivity contribution in [3.63, 3.8) is 0 Å². The van der Waals surface area contributed by atoms with Crippen LogP contribution in [0, 0.1) is 28.9 Å². The normalized spacial score (nSPS) is 31.3. The van der Waals surface area contributed by atoms with Gasteiger partial charge in [-0.15, -0.1) is 0 Å². The molecule has 2 atom stereocenters. The van der Waals surface area contributed by atoms with Crippen LogP contribution in [0.1, 0.15) is 38.5 Å². The quantitative estimate of drug-likeness (QED) is 0.479. The van der Waals surface area contributed by atoms with E-state index < -0.39 is 35.5 Å². The maximum absolute atomic E-state index is 13.2. The molecule has 4 saturated carbocycles. The molecule has 4 aliphatic rings. The summed E-state index contributed by atoms with van der Waals surface area (Å²) in [5.74, 6) is -2.60. The van der Waals surface area contributed by atoms with Gasteiger partial charge in [-0.3, -0.25) is 14.4 Å². The summed E-state index contributed by atoms with van der Waals surface area (Å²) in [6.07, 6.45) is 5.71. The Hall–Kier alpha value is -2.03. The van der Waals surface area contributed by atoms with E-state index in [1.165, 1.54) is 6.07 Å². The summed E-state index contributed by atoms with van der Waals surface area (Å²) < 4.78 is 31.4. The van der Waals surface area contributed by atoms with Gasteiger partial charge in [-0.1, -0.05) is 15.9 Å². The van der Waals surface area contributed by atoms with Gasteiger partial charge in [-0.25, -0.2) is 8.78 Å². The monoisotopic (exact) mass is 484 g/mol. The largest absolute Gasteiger partial charge is 0.455 e. The molecule has 1 aromatic rings. The van der Waals surface area contributed by atoms with Crippen molar-refractivity contribution in [2.75, 3.05) is 18.5 Å². The van der Waals surface area contributed by atoms with Crippen LogP contribution in [-0.4, -0.2) is 35.3 Å². The Labute approximate surface area is 181 Å². The van der Waals surface area contributed by atoms with Crippen LogP contribution in [-0.2, 0) is 19.1 Å². The van der Waals surface area contributed by atoms with E-state index >= 15 is 0 Å². The van der Waals surface area contributed by atoms with E-state index in [1.807, 2.05) is 0 Å². The van der Waals surface area contributed by atoms with Gasteiger partial charge in [0.25, 0.3) is 5.91 Å². The lowest BCUT2D eigenvalue weighted by atomic mass is 9.49. The molecule has 0 aromatic heterocycles. The van der Waals surface area contributed by atoms with E-state index in [0.717, 1.165) is 50.7 Å². The molecule has 4 aliphatic carbocycles. The second-order valence-corrected chi connectivity index (χ2v) is 10.6. The summed E-state index contributed by atoms with van der Waals surface area (Å²) in [7, 11) is 0. The highest BCUT2D eigenvalue weighted by molar-refractivity contribution is 9.10. The first-order valence-electron chi connectivity index (χ1n) is 10.0. The molecule has 162 valence electrons. The Kier molecular flexibility index (Phi) is 5.59. The zero-order valence-corrected chi connectivity index (χ0v) is 17.9. The molecule has 0 radical (unpaired) electrons. The minimum Gasteiger partial charge on any atom is -0.455 e. The van der Waals surface area contributed by atoms with Crippen LogP contribution >= 0.6 is 15.9 Å². The van der Waals surface area contributed by atoms with Crippen LogP contribution in [0.2, 0.25) is 0 Å². The number of rotatable bonds is 6. The molecule has 2 N–H and O–H groups in total. The number of nitrogens with one attached hydrogen (secondary N) is 2. The van der Waals surface area contributed by atoms with Crippen molar-refractivity contribution in [3.05, 3.63) is 29.8 Å². The minimum absolute atomic E-state index is 0.0102. The highest BCUT2D eigenvalue weighted by Gasteiger charge is 2.60. The molecular weight excluding hydrogens is 462 g/mol. The molecule has 2 unspecified atom stereocenters. The number of esters is 1. The Morgan fingerprint density at radius 2 is 1.77 bits per heavy atom. The number of alkyl halides is 1. The molecule has 2 amide bonds. The predicted molar refractivity (Wildman–Crippen MR) is 108 cm³/mol. The molecule has 0 spiro atoms. The number of benzene rings is 1. The summed E-state index contributed by atoms with van der Waals surface area (Å²) in [6, 6.07) is 2.95. The lowest BCUT2D eigenvalue weighted by Gasteiger charge is -2.58. The topological polar surface area (TPSA) is 84.5 Å². The summed E-state index contributed by atoms with van der Waals surface area (Å²) in [4.78, 5) is 36.7. The van der Waals surface area contributed by atoms with Crippen molar-refractivity contribution in [1.29, 1.82) is 0 Å². The van der Waals surface area contributed by atoms with Gasteiger partial charge in [0.1, 0.15) is 0 Å². The molecule has 9 heteroatoms. The predicted octanol–water partition coefficient (Wildman–Crippen LogP) is 3.30. The van der Waals surface area contributed by atoms with Crippen LogP contribution in [0.4, 0.5) is 14.5 Å². The standard InChI is InChI=1S/C21H23BrF2N2O4/c22-21-7-12-3-13(8-21)6-20(5-12,11-21)19(29)30-10-18(28)25-9-17(27)26-14-1-2-15(23)16(24)4-14/h1-2,4,12-13H,3,5-11H2,(H,25,28)(H,26,27). The summed E-state index contributed by atoms with van der Waals surface area (Å²) in [5, 5.41) is 4.71. The zero-order chi connectivity index (χ0) is 21.5. The zero-order valence-electron chi connectivity index (χ0n) is 16.3. The minimum atomic E-state index is -1.08. The van der Waals surface area contributed by atoms with E-state index in [2.05, 4.69) is 26.6 Å². The van der Waals surface area contributed by atoms with Gasteiger partial charge in [-0.2, -0.15) is 0 Å². The fourth-order valence-electron chi connectivity index (χ4n) is 5.68. The molecule has 30 heavy (non-hydrogen) atoms. The number of carbonyl (C=O) groups excluding carboxylic acids is 3. The van der Waals surface area contributed by atoms with Gasteiger partial charge in [0.2, 0.25) is 5.91 Å². The van der Waals surface area contributed by atoms with Gasteiger partial charge >= 0.3 is 5.97 Å². The number of halogens is 3. The van der Waals surface area contributed by atoms with Crippen LogP contribution in [0.15, 0.2) is 18.2 Å². The van der Waals surface area contributed by atoms with Crippen LogP contribution in [0.25, 0.3) is 0 Å². The number of amides is 2. The molecule has 0 aliphatic heterocycles. The Bertz CT molecular complexity index is 880. The average Bonchev–Trinajstić information content (AvgIpc) is 2.65. The molecule has 4 fully saturated rings. The van der Waals surface area contributed by atoms with Crippen molar-refractivity contribution in [3.8, 4) is 0 Å². The second kappa shape index (κ2) is 7.90. The van der Waals surface area contributed by atoms with Crippen LogP contribution < -0.4 is 10.6 Å².